The molecule has 0 atom stereocenters. The Morgan fingerprint density at radius 3 is 1.11 bits per heavy atom. The standard InChI is InChI=1S/C32H20N2O2/c35-31-25-17-9-7-15-23(25)29(33-21-11-3-1-4-12-21)19-27(31)28-20-30(34-22-13-5-2-6-14-22)24-16-8-10-18-26(24)32(28)36/h1-20H. The predicted octanol–water partition coefficient (Wildman–Crippen LogP) is 6.87. The third-order valence-electron chi connectivity index (χ3n) is 6.25. The van der Waals surface area contributed by atoms with E-state index in [2.05, 4.69) is 0 Å². The molecule has 0 unspecified atom stereocenters. The summed E-state index contributed by atoms with van der Waals surface area (Å²) in [4.78, 5) is 37.0. The van der Waals surface area contributed by atoms with E-state index in [9.17, 15) is 9.59 Å². The number of carbonyl (C=O) groups is 2. The molecular formula is C32H20N2O2. The Morgan fingerprint density at radius 1 is 0.389 bits per heavy atom. The molecule has 0 saturated heterocycles. The molecule has 4 aromatic rings. The Kier molecular flexibility index (Phi) is 5.39. The first kappa shape index (κ1) is 21.6. The molecule has 0 heterocycles. The van der Waals surface area contributed by atoms with Crippen molar-refractivity contribution in [1.82, 2.24) is 0 Å². The van der Waals surface area contributed by atoms with Crippen LogP contribution in [0, 0.1) is 0 Å². The fraction of sp³-hybridized carbons (Fsp3) is 0. The number of para-hydroxylation sites is 2. The van der Waals surface area contributed by atoms with Crippen LogP contribution in [0.1, 0.15) is 31.8 Å². The maximum Gasteiger partial charge on any atom is 0.194 e. The Balaban J connectivity index is 1.55. The molecule has 0 aliphatic heterocycles. The van der Waals surface area contributed by atoms with E-state index in [0.717, 1.165) is 22.5 Å². The highest BCUT2D eigenvalue weighted by Crippen LogP contribution is 2.33. The Hall–Kier alpha value is -4.96. The van der Waals surface area contributed by atoms with Gasteiger partial charge in [0.25, 0.3) is 0 Å². The molecule has 0 spiro atoms. The minimum atomic E-state index is -0.198. The van der Waals surface area contributed by atoms with Gasteiger partial charge in [0.2, 0.25) is 0 Å². The molecule has 2 aliphatic rings. The first-order chi connectivity index (χ1) is 17.7. The van der Waals surface area contributed by atoms with E-state index in [1.807, 2.05) is 97.1 Å². The molecule has 0 saturated carbocycles. The van der Waals surface area contributed by atoms with Crippen LogP contribution in [0.4, 0.5) is 11.4 Å². The topological polar surface area (TPSA) is 58.9 Å². The number of aliphatic imine (C=N–C) groups is 2. The van der Waals surface area contributed by atoms with Crippen molar-refractivity contribution < 1.29 is 9.59 Å². The minimum Gasteiger partial charge on any atom is -0.289 e. The lowest BCUT2D eigenvalue weighted by atomic mass is 9.79. The molecule has 0 amide bonds. The van der Waals surface area contributed by atoms with Crippen LogP contribution in [0.15, 0.2) is 142 Å². The molecule has 6 rings (SSSR count). The monoisotopic (exact) mass is 464 g/mol. The first-order valence-electron chi connectivity index (χ1n) is 11.7. The average molecular weight is 465 g/mol. The van der Waals surface area contributed by atoms with E-state index < -0.39 is 0 Å². The summed E-state index contributed by atoms with van der Waals surface area (Å²) in [6.07, 6.45) is 3.46. The molecule has 0 aromatic heterocycles. The Labute approximate surface area is 208 Å². The molecule has 2 aliphatic carbocycles. The molecule has 170 valence electrons. The van der Waals surface area contributed by atoms with Crippen molar-refractivity contribution in [2.75, 3.05) is 0 Å². The fourth-order valence-corrected chi connectivity index (χ4v) is 4.53. The van der Waals surface area contributed by atoms with Gasteiger partial charge in [0, 0.05) is 33.4 Å². The fourth-order valence-electron chi connectivity index (χ4n) is 4.53. The zero-order chi connectivity index (χ0) is 24.5. The molecule has 4 heteroatoms. The van der Waals surface area contributed by atoms with Gasteiger partial charge in [-0.3, -0.25) is 9.59 Å². The predicted molar refractivity (Wildman–Crippen MR) is 143 cm³/mol. The summed E-state index contributed by atoms with van der Waals surface area (Å²) in [7, 11) is 0. The first-order valence-corrected chi connectivity index (χ1v) is 11.7. The summed E-state index contributed by atoms with van der Waals surface area (Å²) < 4.78 is 0. The van der Waals surface area contributed by atoms with Gasteiger partial charge in [-0.05, 0) is 36.4 Å². The van der Waals surface area contributed by atoms with Crippen molar-refractivity contribution in [2.24, 2.45) is 9.98 Å². The van der Waals surface area contributed by atoms with Crippen LogP contribution in [0.3, 0.4) is 0 Å². The van der Waals surface area contributed by atoms with Crippen LogP contribution in [-0.4, -0.2) is 23.0 Å². The van der Waals surface area contributed by atoms with Gasteiger partial charge >= 0.3 is 0 Å². The summed E-state index contributed by atoms with van der Waals surface area (Å²) >= 11 is 0. The molecule has 36 heavy (non-hydrogen) atoms. The van der Waals surface area contributed by atoms with E-state index in [-0.39, 0.29) is 11.6 Å². The largest absolute Gasteiger partial charge is 0.289 e. The van der Waals surface area contributed by atoms with E-state index in [4.69, 9.17) is 9.98 Å². The van der Waals surface area contributed by atoms with Gasteiger partial charge in [-0.15, -0.1) is 0 Å². The molecule has 0 bridgehead atoms. The lowest BCUT2D eigenvalue weighted by molar-refractivity contribution is 0.0996. The van der Waals surface area contributed by atoms with Crippen LogP contribution in [0.25, 0.3) is 0 Å². The van der Waals surface area contributed by atoms with Gasteiger partial charge in [0.15, 0.2) is 11.6 Å². The van der Waals surface area contributed by atoms with Gasteiger partial charge in [0.05, 0.1) is 22.8 Å². The number of Topliss-reactive ketones (excluding diaryl/α,β-unsaturated/α-hetero) is 2. The number of nitrogens with zero attached hydrogens (tertiary/aromatic N) is 2. The zero-order valence-electron chi connectivity index (χ0n) is 19.3. The van der Waals surface area contributed by atoms with E-state index in [1.54, 1.807) is 24.3 Å². The summed E-state index contributed by atoms with van der Waals surface area (Å²) in [6, 6.07) is 33.9. The summed E-state index contributed by atoms with van der Waals surface area (Å²) in [5.41, 5.74) is 6.02. The molecule has 0 radical (unpaired) electrons. The second-order valence-corrected chi connectivity index (χ2v) is 8.53. The van der Waals surface area contributed by atoms with Crippen LogP contribution in [0.5, 0.6) is 0 Å². The van der Waals surface area contributed by atoms with Crippen molar-refractivity contribution in [3.05, 3.63) is 155 Å². The maximum atomic E-state index is 13.7. The number of rotatable bonds is 3. The second kappa shape index (κ2) is 9.01. The van der Waals surface area contributed by atoms with Gasteiger partial charge in [-0.25, -0.2) is 9.98 Å². The highest BCUT2D eigenvalue weighted by Gasteiger charge is 2.33. The van der Waals surface area contributed by atoms with Crippen LogP contribution in [0.2, 0.25) is 0 Å². The highest BCUT2D eigenvalue weighted by molar-refractivity contribution is 6.36. The van der Waals surface area contributed by atoms with Crippen molar-refractivity contribution in [3.63, 3.8) is 0 Å². The Bertz CT molecular complexity index is 1520. The average Bonchev–Trinajstić information content (AvgIpc) is 2.93. The third-order valence-corrected chi connectivity index (χ3v) is 6.25. The van der Waals surface area contributed by atoms with Gasteiger partial charge < -0.3 is 0 Å². The number of benzene rings is 4. The highest BCUT2D eigenvalue weighted by atomic mass is 16.1. The quantitative estimate of drug-likeness (QED) is 0.332. The van der Waals surface area contributed by atoms with E-state index in [1.165, 1.54) is 0 Å². The summed E-state index contributed by atoms with van der Waals surface area (Å²) in [5, 5.41) is 0. The van der Waals surface area contributed by atoms with Crippen molar-refractivity contribution in [3.8, 4) is 0 Å². The summed E-state index contributed by atoms with van der Waals surface area (Å²) in [5.74, 6) is -0.397. The van der Waals surface area contributed by atoms with Crippen LogP contribution < -0.4 is 0 Å². The molecule has 0 fully saturated rings. The maximum absolute atomic E-state index is 13.7. The second-order valence-electron chi connectivity index (χ2n) is 8.53. The van der Waals surface area contributed by atoms with E-state index >= 15 is 0 Å². The van der Waals surface area contributed by atoms with Gasteiger partial charge in [-0.2, -0.15) is 0 Å². The number of allylic oxidation sites excluding steroid dienone is 4. The lowest BCUT2D eigenvalue weighted by Crippen LogP contribution is -2.25. The summed E-state index contributed by atoms with van der Waals surface area (Å²) in [6.45, 7) is 0. The van der Waals surface area contributed by atoms with Gasteiger partial charge in [-0.1, -0.05) is 84.9 Å². The number of hydrogen-bond acceptors (Lipinski definition) is 4. The molecule has 4 nitrogen and oxygen atoms in total. The SMILES string of the molecule is O=C1C(C2=CC(=Nc3ccccc3)c3ccccc3C2=O)=CC(=Nc2ccccc2)c2ccccc21. The van der Waals surface area contributed by atoms with Crippen molar-refractivity contribution >= 4 is 34.4 Å². The minimum absolute atomic E-state index is 0.198. The van der Waals surface area contributed by atoms with Crippen molar-refractivity contribution in [1.29, 1.82) is 0 Å². The lowest BCUT2D eigenvalue weighted by Gasteiger charge is -2.22. The smallest absolute Gasteiger partial charge is 0.194 e. The number of hydrogen-bond donors (Lipinski definition) is 0. The normalized spacial score (nSPS) is 16.9. The number of fused-ring (bicyclic) bond motifs is 2. The van der Waals surface area contributed by atoms with Crippen LogP contribution >= 0.6 is 0 Å². The van der Waals surface area contributed by atoms with Gasteiger partial charge in [0.1, 0.15) is 0 Å². The third kappa shape index (κ3) is 3.85. The Morgan fingerprint density at radius 2 is 0.722 bits per heavy atom. The number of carbonyl (C=O) groups excluding carboxylic acids is 2. The number of ketones is 2. The zero-order valence-corrected chi connectivity index (χ0v) is 19.3. The van der Waals surface area contributed by atoms with E-state index in [0.29, 0.717) is 33.7 Å². The van der Waals surface area contributed by atoms with Crippen LogP contribution in [-0.2, 0) is 0 Å². The molecular weight excluding hydrogens is 444 g/mol. The molecule has 0 N–H and O–H groups in total. The van der Waals surface area contributed by atoms with Crippen molar-refractivity contribution in [2.45, 2.75) is 0 Å². The molecule has 4 aromatic carbocycles.